The minimum Gasteiger partial charge on any atom is -0.492 e. The number of benzene rings is 2. The zero-order chi connectivity index (χ0) is 25.3. The van der Waals surface area contributed by atoms with E-state index in [1.165, 1.54) is 12.1 Å². The number of piperidine rings is 1. The van der Waals surface area contributed by atoms with Crippen molar-refractivity contribution in [2.75, 3.05) is 32.8 Å². The number of rotatable bonds is 10. The first-order chi connectivity index (χ1) is 17.5. The molecule has 2 heterocycles. The summed E-state index contributed by atoms with van der Waals surface area (Å²) >= 11 is 0. The minimum atomic E-state index is -0.333. The van der Waals surface area contributed by atoms with Crippen LogP contribution in [-0.2, 0) is 0 Å². The van der Waals surface area contributed by atoms with Crippen LogP contribution in [0.2, 0.25) is 0 Å². The maximum atomic E-state index is 13.6. The molecule has 1 atom stereocenters. The molecule has 1 aliphatic rings. The SMILES string of the molecule is CC(C)N1CCCC(CN(CCOc2ccccc2)C(=O)c2cc(Oc3ccc(F)cc3)ccn2)C1. The predicted octanol–water partition coefficient (Wildman–Crippen LogP) is 5.65. The molecule has 0 N–H and O–H groups in total. The van der Waals surface area contributed by atoms with Crippen LogP contribution in [0.5, 0.6) is 17.2 Å². The van der Waals surface area contributed by atoms with Crippen molar-refractivity contribution >= 4 is 5.91 Å². The summed E-state index contributed by atoms with van der Waals surface area (Å²) in [5.74, 6) is 1.65. The van der Waals surface area contributed by atoms with E-state index >= 15 is 0 Å². The number of pyridine rings is 1. The highest BCUT2D eigenvalue weighted by atomic mass is 19.1. The fourth-order valence-corrected chi connectivity index (χ4v) is 4.49. The third-order valence-electron chi connectivity index (χ3n) is 6.42. The van der Waals surface area contributed by atoms with Gasteiger partial charge in [0.15, 0.2) is 0 Å². The van der Waals surface area contributed by atoms with Crippen LogP contribution in [-0.4, -0.2) is 59.5 Å². The van der Waals surface area contributed by atoms with E-state index in [-0.39, 0.29) is 11.7 Å². The summed E-state index contributed by atoms with van der Waals surface area (Å²) < 4.78 is 25.0. The molecule has 6 nitrogen and oxygen atoms in total. The van der Waals surface area contributed by atoms with Gasteiger partial charge in [-0.25, -0.2) is 4.39 Å². The number of carbonyl (C=O) groups excluding carboxylic acids is 1. The molecule has 1 saturated heterocycles. The Morgan fingerprint density at radius 1 is 1.08 bits per heavy atom. The highest BCUT2D eigenvalue weighted by Gasteiger charge is 2.26. The molecule has 0 spiro atoms. The van der Waals surface area contributed by atoms with E-state index in [0.29, 0.717) is 48.8 Å². The fraction of sp³-hybridized carbons (Fsp3) is 0.379. The van der Waals surface area contributed by atoms with Gasteiger partial charge in [-0.2, -0.15) is 0 Å². The second-order valence-corrected chi connectivity index (χ2v) is 9.44. The number of likely N-dealkylation sites (tertiary alicyclic amines) is 1. The highest BCUT2D eigenvalue weighted by molar-refractivity contribution is 5.92. The van der Waals surface area contributed by atoms with E-state index in [9.17, 15) is 9.18 Å². The molecule has 0 saturated carbocycles. The van der Waals surface area contributed by atoms with Crippen molar-refractivity contribution in [2.24, 2.45) is 5.92 Å². The van der Waals surface area contributed by atoms with Gasteiger partial charge in [-0.05, 0) is 81.6 Å². The molecule has 1 unspecified atom stereocenters. The Morgan fingerprint density at radius 3 is 2.61 bits per heavy atom. The van der Waals surface area contributed by atoms with E-state index in [1.807, 2.05) is 35.2 Å². The zero-order valence-corrected chi connectivity index (χ0v) is 21.0. The van der Waals surface area contributed by atoms with E-state index in [4.69, 9.17) is 9.47 Å². The molecule has 1 fully saturated rings. The summed E-state index contributed by atoms with van der Waals surface area (Å²) in [5, 5.41) is 0. The molecule has 4 rings (SSSR count). The van der Waals surface area contributed by atoms with Crippen LogP contribution >= 0.6 is 0 Å². The van der Waals surface area contributed by atoms with Gasteiger partial charge >= 0.3 is 0 Å². The summed E-state index contributed by atoms with van der Waals surface area (Å²) in [7, 11) is 0. The van der Waals surface area contributed by atoms with Crippen molar-refractivity contribution in [1.82, 2.24) is 14.8 Å². The number of amides is 1. The van der Waals surface area contributed by atoms with Crippen molar-refractivity contribution in [1.29, 1.82) is 0 Å². The van der Waals surface area contributed by atoms with Crippen LogP contribution < -0.4 is 9.47 Å². The number of hydrogen-bond acceptors (Lipinski definition) is 5. The summed E-state index contributed by atoms with van der Waals surface area (Å²) in [6, 6.07) is 19.2. The molecular weight excluding hydrogens is 457 g/mol. The molecule has 0 radical (unpaired) electrons. The second kappa shape index (κ2) is 12.5. The lowest BCUT2D eigenvalue weighted by molar-refractivity contribution is 0.0619. The lowest BCUT2D eigenvalue weighted by Crippen LogP contribution is -2.46. The number of ether oxygens (including phenoxy) is 2. The Balaban J connectivity index is 1.47. The van der Waals surface area contributed by atoms with Gasteiger partial charge in [0.1, 0.15) is 35.4 Å². The molecular formula is C29H34FN3O3. The largest absolute Gasteiger partial charge is 0.492 e. The van der Waals surface area contributed by atoms with Gasteiger partial charge in [0.05, 0.1) is 6.54 Å². The van der Waals surface area contributed by atoms with E-state index in [0.717, 1.165) is 31.7 Å². The minimum absolute atomic E-state index is 0.155. The van der Waals surface area contributed by atoms with E-state index < -0.39 is 0 Å². The summed E-state index contributed by atoms with van der Waals surface area (Å²) in [6.45, 7) is 8.00. The summed E-state index contributed by atoms with van der Waals surface area (Å²) in [4.78, 5) is 22.3. The molecule has 0 bridgehead atoms. The van der Waals surface area contributed by atoms with Crippen molar-refractivity contribution < 1.29 is 18.7 Å². The Kier molecular flexibility index (Phi) is 8.90. The first-order valence-electron chi connectivity index (χ1n) is 12.6. The molecule has 7 heteroatoms. The van der Waals surface area contributed by atoms with Crippen molar-refractivity contribution in [3.05, 3.63) is 84.4 Å². The number of hydrogen-bond donors (Lipinski definition) is 0. The average molecular weight is 492 g/mol. The van der Waals surface area contributed by atoms with Crippen LogP contribution in [0.25, 0.3) is 0 Å². The summed E-state index contributed by atoms with van der Waals surface area (Å²) in [6.07, 6.45) is 3.78. The van der Waals surface area contributed by atoms with Crippen LogP contribution in [0, 0.1) is 11.7 Å². The van der Waals surface area contributed by atoms with Crippen LogP contribution in [0.1, 0.15) is 37.2 Å². The van der Waals surface area contributed by atoms with Crippen LogP contribution in [0.4, 0.5) is 4.39 Å². The van der Waals surface area contributed by atoms with Crippen molar-refractivity contribution in [3.63, 3.8) is 0 Å². The predicted molar refractivity (Wildman–Crippen MR) is 138 cm³/mol. The van der Waals surface area contributed by atoms with Gasteiger partial charge in [-0.1, -0.05) is 18.2 Å². The fourth-order valence-electron chi connectivity index (χ4n) is 4.49. The Morgan fingerprint density at radius 2 is 1.86 bits per heavy atom. The number of aromatic nitrogens is 1. The lowest BCUT2D eigenvalue weighted by Gasteiger charge is -2.37. The number of carbonyl (C=O) groups is 1. The molecule has 1 amide bonds. The number of halogens is 1. The van der Waals surface area contributed by atoms with Gasteiger partial charge in [-0.15, -0.1) is 0 Å². The molecule has 3 aromatic rings. The topological polar surface area (TPSA) is 54.9 Å². The molecule has 36 heavy (non-hydrogen) atoms. The molecule has 1 aliphatic heterocycles. The Labute approximate surface area is 212 Å². The monoisotopic (exact) mass is 491 g/mol. The number of nitrogens with zero attached hydrogens (tertiary/aromatic N) is 3. The third kappa shape index (κ3) is 7.28. The highest BCUT2D eigenvalue weighted by Crippen LogP contribution is 2.24. The maximum Gasteiger partial charge on any atom is 0.272 e. The van der Waals surface area contributed by atoms with Gasteiger partial charge in [-0.3, -0.25) is 9.78 Å². The van der Waals surface area contributed by atoms with Crippen LogP contribution in [0.15, 0.2) is 72.9 Å². The maximum absolute atomic E-state index is 13.6. The van der Waals surface area contributed by atoms with Gasteiger partial charge in [0.25, 0.3) is 5.91 Å². The first-order valence-corrected chi connectivity index (χ1v) is 12.6. The first kappa shape index (κ1) is 25.6. The van der Waals surface area contributed by atoms with Crippen LogP contribution in [0.3, 0.4) is 0 Å². The molecule has 1 aromatic heterocycles. The van der Waals surface area contributed by atoms with Gasteiger partial charge < -0.3 is 19.3 Å². The van der Waals surface area contributed by atoms with Crippen molar-refractivity contribution in [2.45, 2.75) is 32.7 Å². The average Bonchev–Trinajstić information content (AvgIpc) is 2.90. The molecule has 190 valence electrons. The Bertz CT molecular complexity index is 1110. The van der Waals surface area contributed by atoms with Crippen molar-refractivity contribution in [3.8, 4) is 17.2 Å². The van der Waals surface area contributed by atoms with E-state index in [2.05, 4.69) is 23.7 Å². The number of para-hydroxylation sites is 1. The quantitative estimate of drug-likeness (QED) is 0.367. The summed E-state index contributed by atoms with van der Waals surface area (Å²) in [5.41, 5.74) is 0.311. The lowest BCUT2D eigenvalue weighted by atomic mass is 9.96. The normalized spacial score (nSPS) is 16.1. The van der Waals surface area contributed by atoms with Gasteiger partial charge in [0.2, 0.25) is 0 Å². The standard InChI is InChI=1S/C29H34FN3O3/c1-22(2)32-16-6-7-23(20-32)21-33(17-18-35-25-8-4-3-5-9-25)29(34)28-19-27(14-15-31-28)36-26-12-10-24(30)11-13-26/h3-5,8-15,19,22-23H,6-7,16-18,20-21H2,1-2H3. The Hall–Kier alpha value is -3.45. The third-order valence-corrected chi connectivity index (χ3v) is 6.42. The zero-order valence-electron chi connectivity index (χ0n) is 21.0. The molecule has 0 aliphatic carbocycles. The second-order valence-electron chi connectivity index (χ2n) is 9.44. The van der Waals surface area contributed by atoms with Gasteiger partial charge in [0, 0.05) is 31.4 Å². The smallest absolute Gasteiger partial charge is 0.272 e. The van der Waals surface area contributed by atoms with E-state index in [1.54, 1.807) is 30.5 Å². The molecule has 2 aromatic carbocycles.